The van der Waals surface area contributed by atoms with Crippen LogP contribution in [0.2, 0.25) is 0 Å². The van der Waals surface area contributed by atoms with E-state index in [4.69, 9.17) is 4.74 Å². The number of aryl methyl sites for hydroxylation is 1. The number of methoxy groups -OCH3 is 1. The summed E-state index contributed by atoms with van der Waals surface area (Å²) < 4.78 is 5.00. The highest BCUT2D eigenvalue weighted by molar-refractivity contribution is 7.98. The van der Waals surface area contributed by atoms with Gasteiger partial charge in [-0.25, -0.2) is 9.97 Å². The van der Waals surface area contributed by atoms with Gasteiger partial charge in [0.2, 0.25) is 0 Å². The van der Waals surface area contributed by atoms with Crippen molar-refractivity contribution in [2.45, 2.75) is 24.1 Å². The zero-order valence-corrected chi connectivity index (χ0v) is 13.3. The van der Waals surface area contributed by atoms with Crippen LogP contribution in [0.4, 0.5) is 0 Å². The van der Waals surface area contributed by atoms with Gasteiger partial charge in [-0.2, -0.15) is 0 Å². The molecule has 2 aromatic rings. The molecule has 0 amide bonds. The molecule has 0 aliphatic carbocycles. The lowest BCUT2D eigenvalue weighted by molar-refractivity contribution is 0.199. The molecule has 0 saturated heterocycles. The Kier molecular flexibility index (Phi) is 6.66. The third-order valence-electron chi connectivity index (χ3n) is 3.00. The first-order chi connectivity index (χ1) is 10.3. The van der Waals surface area contributed by atoms with Gasteiger partial charge in [0.25, 0.3) is 0 Å². The second kappa shape index (κ2) is 8.77. The Hall–Kier alpha value is -1.43. The molecule has 0 fully saturated rings. The molecule has 0 radical (unpaired) electrons. The molecule has 0 aliphatic heterocycles. The van der Waals surface area contributed by atoms with E-state index >= 15 is 0 Å². The van der Waals surface area contributed by atoms with Crippen LogP contribution in [0.5, 0.6) is 0 Å². The van der Waals surface area contributed by atoms with Crippen molar-refractivity contribution in [1.29, 1.82) is 0 Å². The number of hydrogen-bond donors (Lipinski definition) is 1. The number of thioether (sulfide) groups is 1. The molecular formula is C16H21N3OS. The summed E-state index contributed by atoms with van der Waals surface area (Å²) in [7, 11) is 1.70. The van der Waals surface area contributed by atoms with Crippen LogP contribution in [0.1, 0.15) is 17.1 Å². The summed E-state index contributed by atoms with van der Waals surface area (Å²) in [4.78, 5) is 10.2. The maximum atomic E-state index is 5.00. The normalized spacial score (nSPS) is 10.8. The van der Waals surface area contributed by atoms with Crippen molar-refractivity contribution in [3.63, 3.8) is 0 Å². The van der Waals surface area contributed by atoms with E-state index < -0.39 is 0 Å². The molecule has 1 aromatic carbocycles. The van der Waals surface area contributed by atoms with Crippen LogP contribution >= 0.6 is 11.8 Å². The smallest absolute Gasteiger partial charge is 0.138 e. The molecular weight excluding hydrogens is 282 g/mol. The minimum Gasteiger partial charge on any atom is -0.383 e. The zero-order valence-electron chi connectivity index (χ0n) is 12.5. The van der Waals surface area contributed by atoms with E-state index in [0.29, 0.717) is 6.61 Å². The summed E-state index contributed by atoms with van der Waals surface area (Å²) in [5, 5.41) is 3.29. The number of nitrogens with one attached hydrogen (secondary N) is 1. The van der Waals surface area contributed by atoms with Crippen molar-refractivity contribution in [1.82, 2.24) is 15.3 Å². The summed E-state index contributed by atoms with van der Waals surface area (Å²) in [6.45, 7) is 4.40. The fraction of sp³-hybridized carbons (Fsp3) is 0.375. The lowest BCUT2D eigenvalue weighted by Crippen LogP contribution is -2.19. The second-order valence-corrected chi connectivity index (χ2v) is 5.71. The second-order valence-electron chi connectivity index (χ2n) is 4.69. The van der Waals surface area contributed by atoms with Gasteiger partial charge in [-0.05, 0) is 24.6 Å². The average molecular weight is 303 g/mol. The van der Waals surface area contributed by atoms with Crippen LogP contribution in [0.25, 0.3) is 0 Å². The van der Waals surface area contributed by atoms with Gasteiger partial charge < -0.3 is 10.1 Å². The van der Waals surface area contributed by atoms with E-state index in [0.717, 1.165) is 30.4 Å². The van der Waals surface area contributed by atoms with Crippen LogP contribution in [-0.4, -0.2) is 30.2 Å². The highest BCUT2D eigenvalue weighted by Crippen LogP contribution is 2.24. The molecule has 0 aliphatic rings. The highest BCUT2D eigenvalue weighted by Gasteiger charge is 2.03. The number of rotatable bonds is 8. The molecule has 112 valence electrons. The quantitative estimate of drug-likeness (QED) is 0.600. The van der Waals surface area contributed by atoms with Crippen molar-refractivity contribution in [2.75, 3.05) is 20.3 Å². The first-order valence-corrected chi connectivity index (χ1v) is 7.97. The summed E-state index contributed by atoms with van der Waals surface area (Å²) in [5.74, 6) is 1.66. The van der Waals surface area contributed by atoms with Gasteiger partial charge in [-0.1, -0.05) is 18.2 Å². The van der Waals surface area contributed by atoms with Gasteiger partial charge >= 0.3 is 0 Å². The number of ether oxygens (including phenoxy) is 1. The fourth-order valence-corrected chi connectivity index (χ4v) is 2.75. The predicted octanol–water partition coefficient (Wildman–Crippen LogP) is 2.81. The predicted molar refractivity (Wildman–Crippen MR) is 86.4 cm³/mol. The Morgan fingerprint density at radius 2 is 2.10 bits per heavy atom. The van der Waals surface area contributed by atoms with Crippen LogP contribution in [0.15, 0.2) is 41.4 Å². The molecule has 0 bridgehead atoms. The standard InChI is InChI=1S/C16H21N3OS/c1-13-5-3-4-6-15(13)21-12-16-18-8-7-14(19-16)11-17-9-10-20-2/h3-8,17H,9-12H2,1-2H3. The summed E-state index contributed by atoms with van der Waals surface area (Å²) in [6.07, 6.45) is 1.83. The molecule has 2 rings (SSSR count). The van der Waals surface area contributed by atoms with E-state index in [-0.39, 0.29) is 0 Å². The van der Waals surface area contributed by atoms with E-state index in [1.807, 2.05) is 12.3 Å². The van der Waals surface area contributed by atoms with E-state index in [2.05, 4.69) is 46.5 Å². The Labute approximate surface area is 130 Å². The van der Waals surface area contributed by atoms with Crippen molar-refractivity contribution in [3.05, 3.63) is 53.6 Å². The molecule has 5 heteroatoms. The monoisotopic (exact) mass is 303 g/mol. The summed E-state index contributed by atoms with van der Waals surface area (Å²) in [6, 6.07) is 10.3. The Balaban J connectivity index is 1.87. The molecule has 21 heavy (non-hydrogen) atoms. The Morgan fingerprint density at radius 3 is 2.90 bits per heavy atom. The van der Waals surface area contributed by atoms with Gasteiger partial charge in [-0.3, -0.25) is 0 Å². The van der Waals surface area contributed by atoms with Crippen molar-refractivity contribution >= 4 is 11.8 Å². The molecule has 0 unspecified atom stereocenters. The van der Waals surface area contributed by atoms with Gasteiger partial charge in [0.1, 0.15) is 5.82 Å². The molecule has 0 saturated carbocycles. The number of benzene rings is 1. The topological polar surface area (TPSA) is 47.0 Å². The Morgan fingerprint density at radius 1 is 1.24 bits per heavy atom. The minimum absolute atomic E-state index is 0.709. The highest BCUT2D eigenvalue weighted by atomic mass is 32.2. The molecule has 1 N–H and O–H groups in total. The first-order valence-electron chi connectivity index (χ1n) is 6.98. The van der Waals surface area contributed by atoms with Crippen LogP contribution in [0, 0.1) is 6.92 Å². The molecule has 1 heterocycles. The number of aromatic nitrogens is 2. The first kappa shape index (κ1) is 15.9. The SMILES string of the molecule is COCCNCc1ccnc(CSc2ccccc2C)n1. The number of nitrogens with zero attached hydrogens (tertiary/aromatic N) is 2. The minimum atomic E-state index is 0.709. The summed E-state index contributed by atoms with van der Waals surface area (Å²) in [5.41, 5.74) is 2.31. The molecule has 0 atom stereocenters. The lowest BCUT2D eigenvalue weighted by Gasteiger charge is -2.07. The van der Waals surface area contributed by atoms with Crippen LogP contribution in [-0.2, 0) is 17.0 Å². The average Bonchev–Trinajstić information content (AvgIpc) is 2.51. The van der Waals surface area contributed by atoms with Gasteiger partial charge in [0, 0.05) is 31.3 Å². The fourth-order valence-electron chi connectivity index (χ4n) is 1.86. The molecule has 0 spiro atoms. The van der Waals surface area contributed by atoms with Crippen molar-refractivity contribution < 1.29 is 4.74 Å². The third kappa shape index (κ3) is 5.46. The zero-order chi connectivity index (χ0) is 14.9. The van der Waals surface area contributed by atoms with Gasteiger partial charge in [-0.15, -0.1) is 11.8 Å². The van der Waals surface area contributed by atoms with E-state index in [1.54, 1.807) is 18.9 Å². The molecule has 1 aromatic heterocycles. The number of hydrogen-bond acceptors (Lipinski definition) is 5. The summed E-state index contributed by atoms with van der Waals surface area (Å²) >= 11 is 1.78. The molecule has 4 nitrogen and oxygen atoms in total. The maximum Gasteiger partial charge on any atom is 0.138 e. The van der Waals surface area contributed by atoms with E-state index in [1.165, 1.54) is 10.5 Å². The third-order valence-corrected chi connectivity index (χ3v) is 4.17. The van der Waals surface area contributed by atoms with Gasteiger partial charge in [0.15, 0.2) is 0 Å². The maximum absolute atomic E-state index is 5.00. The van der Waals surface area contributed by atoms with Crippen molar-refractivity contribution in [3.8, 4) is 0 Å². The van der Waals surface area contributed by atoms with Crippen molar-refractivity contribution in [2.24, 2.45) is 0 Å². The van der Waals surface area contributed by atoms with E-state index in [9.17, 15) is 0 Å². The van der Waals surface area contributed by atoms with Gasteiger partial charge in [0.05, 0.1) is 18.1 Å². The van der Waals surface area contributed by atoms with Crippen LogP contribution in [0.3, 0.4) is 0 Å². The Bertz CT molecular complexity index is 563. The lowest BCUT2D eigenvalue weighted by atomic mass is 10.2. The largest absolute Gasteiger partial charge is 0.383 e. The van der Waals surface area contributed by atoms with Crippen LogP contribution < -0.4 is 5.32 Å².